The molecule has 16 heavy (non-hydrogen) atoms. The van der Waals surface area contributed by atoms with Gasteiger partial charge in [-0.15, -0.1) is 0 Å². The Hall–Kier alpha value is -0.860. The first-order valence-electron chi connectivity index (χ1n) is 6.07. The van der Waals surface area contributed by atoms with Crippen molar-refractivity contribution in [2.24, 2.45) is 0 Å². The molecule has 0 aliphatic carbocycles. The molecule has 0 amide bonds. The lowest BCUT2D eigenvalue weighted by molar-refractivity contribution is 0.113. The zero-order chi connectivity index (χ0) is 11.5. The predicted molar refractivity (Wildman–Crippen MR) is 66.6 cm³/mol. The highest BCUT2D eigenvalue weighted by Crippen LogP contribution is 2.14. The standard InChI is InChI=1S/C14H21NO/c1-10-6-11(2)8-13(7-10)9-15-14-4-5-16-12(14)3/h6-8,12,14-15H,4-5,9H2,1-3H3. The number of hydrogen-bond donors (Lipinski definition) is 1. The molecular weight excluding hydrogens is 198 g/mol. The van der Waals surface area contributed by atoms with Crippen LogP contribution in [0.5, 0.6) is 0 Å². The van der Waals surface area contributed by atoms with Crippen LogP contribution in [0.15, 0.2) is 18.2 Å². The Morgan fingerprint density at radius 2 is 1.94 bits per heavy atom. The molecule has 1 aromatic carbocycles. The van der Waals surface area contributed by atoms with Gasteiger partial charge in [-0.1, -0.05) is 29.3 Å². The highest BCUT2D eigenvalue weighted by molar-refractivity contribution is 5.28. The monoisotopic (exact) mass is 219 g/mol. The molecule has 2 rings (SSSR count). The normalized spacial score (nSPS) is 24.9. The summed E-state index contributed by atoms with van der Waals surface area (Å²) in [4.78, 5) is 0. The van der Waals surface area contributed by atoms with E-state index in [9.17, 15) is 0 Å². The first kappa shape index (κ1) is 11.6. The molecule has 88 valence electrons. The lowest BCUT2D eigenvalue weighted by atomic mass is 10.1. The summed E-state index contributed by atoms with van der Waals surface area (Å²) in [5.41, 5.74) is 4.05. The van der Waals surface area contributed by atoms with E-state index < -0.39 is 0 Å². The Labute approximate surface area is 98.0 Å². The molecule has 1 heterocycles. The topological polar surface area (TPSA) is 21.3 Å². The highest BCUT2D eigenvalue weighted by Gasteiger charge is 2.23. The minimum absolute atomic E-state index is 0.353. The van der Waals surface area contributed by atoms with Crippen molar-refractivity contribution in [3.8, 4) is 0 Å². The summed E-state index contributed by atoms with van der Waals surface area (Å²) in [6.07, 6.45) is 1.48. The summed E-state index contributed by atoms with van der Waals surface area (Å²) in [5, 5.41) is 3.58. The zero-order valence-corrected chi connectivity index (χ0v) is 10.4. The van der Waals surface area contributed by atoms with Crippen molar-refractivity contribution in [2.75, 3.05) is 6.61 Å². The van der Waals surface area contributed by atoms with E-state index in [1.807, 2.05) is 0 Å². The quantitative estimate of drug-likeness (QED) is 0.843. The third kappa shape index (κ3) is 2.83. The van der Waals surface area contributed by atoms with Crippen LogP contribution in [-0.4, -0.2) is 18.8 Å². The molecule has 0 saturated carbocycles. The van der Waals surface area contributed by atoms with Gasteiger partial charge in [0, 0.05) is 19.2 Å². The van der Waals surface area contributed by atoms with Crippen molar-refractivity contribution in [2.45, 2.75) is 45.9 Å². The Balaban J connectivity index is 1.94. The average Bonchev–Trinajstić information content (AvgIpc) is 2.59. The number of aryl methyl sites for hydroxylation is 2. The van der Waals surface area contributed by atoms with Gasteiger partial charge in [0.05, 0.1) is 6.10 Å². The largest absolute Gasteiger partial charge is 0.377 e. The smallest absolute Gasteiger partial charge is 0.0700 e. The van der Waals surface area contributed by atoms with Crippen molar-refractivity contribution in [1.82, 2.24) is 5.32 Å². The van der Waals surface area contributed by atoms with Gasteiger partial charge >= 0.3 is 0 Å². The molecule has 1 N–H and O–H groups in total. The van der Waals surface area contributed by atoms with Gasteiger partial charge < -0.3 is 10.1 Å². The molecule has 2 unspecified atom stereocenters. The minimum atomic E-state index is 0.353. The second-order valence-electron chi connectivity index (χ2n) is 4.85. The van der Waals surface area contributed by atoms with Gasteiger partial charge in [-0.2, -0.15) is 0 Å². The van der Waals surface area contributed by atoms with Gasteiger partial charge in [-0.3, -0.25) is 0 Å². The SMILES string of the molecule is Cc1cc(C)cc(CNC2CCOC2C)c1. The minimum Gasteiger partial charge on any atom is -0.377 e. The van der Waals surface area contributed by atoms with E-state index in [0.29, 0.717) is 12.1 Å². The van der Waals surface area contributed by atoms with Gasteiger partial charge in [0.25, 0.3) is 0 Å². The van der Waals surface area contributed by atoms with Crippen molar-refractivity contribution < 1.29 is 4.74 Å². The van der Waals surface area contributed by atoms with Crippen molar-refractivity contribution >= 4 is 0 Å². The Bertz CT molecular complexity index is 342. The fourth-order valence-electron chi connectivity index (χ4n) is 2.42. The molecule has 1 aromatic rings. The lowest BCUT2D eigenvalue weighted by Gasteiger charge is -2.16. The van der Waals surface area contributed by atoms with Crippen molar-refractivity contribution in [3.05, 3.63) is 34.9 Å². The van der Waals surface area contributed by atoms with Crippen molar-refractivity contribution in [1.29, 1.82) is 0 Å². The van der Waals surface area contributed by atoms with Gasteiger partial charge in [-0.25, -0.2) is 0 Å². The van der Waals surface area contributed by atoms with E-state index in [4.69, 9.17) is 4.74 Å². The molecular formula is C14H21NO. The van der Waals surface area contributed by atoms with Gasteiger partial charge in [0.2, 0.25) is 0 Å². The Kier molecular flexibility index (Phi) is 3.62. The number of ether oxygens (including phenoxy) is 1. The van der Waals surface area contributed by atoms with Crippen LogP contribution in [0.3, 0.4) is 0 Å². The zero-order valence-electron chi connectivity index (χ0n) is 10.4. The highest BCUT2D eigenvalue weighted by atomic mass is 16.5. The Morgan fingerprint density at radius 1 is 1.25 bits per heavy atom. The van der Waals surface area contributed by atoms with E-state index in [0.717, 1.165) is 19.6 Å². The fourth-order valence-corrected chi connectivity index (χ4v) is 2.42. The second kappa shape index (κ2) is 4.98. The van der Waals surface area contributed by atoms with E-state index in [-0.39, 0.29) is 0 Å². The van der Waals surface area contributed by atoms with Crippen LogP contribution < -0.4 is 5.32 Å². The number of hydrogen-bond acceptors (Lipinski definition) is 2. The maximum absolute atomic E-state index is 5.54. The van der Waals surface area contributed by atoms with Crippen LogP contribution in [0.25, 0.3) is 0 Å². The molecule has 0 radical (unpaired) electrons. The molecule has 1 aliphatic rings. The molecule has 1 fully saturated rings. The van der Waals surface area contributed by atoms with Gasteiger partial charge in [-0.05, 0) is 32.8 Å². The van der Waals surface area contributed by atoms with E-state index in [1.54, 1.807) is 0 Å². The molecule has 0 bridgehead atoms. The summed E-state index contributed by atoms with van der Waals surface area (Å²) >= 11 is 0. The first-order valence-corrected chi connectivity index (χ1v) is 6.07. The predicted octanol–water partition coefficient (Wildman–Crippen LogP) is 2.57. The number of rotatable bonds is 3. The molecule has 2 heteroatoms. The number of nitrogens with one attached hydrogen (secondary N) is 1. The molecule has 2 atom stereocenters. The third-order valence-corrected chi connectivity index (χ3v) is 3.23. The molecule has 0 spiro atoms. The van der Waals surface area contributed by atoms with Crippen LogP contribution >= 0.6 is 0 Å². The van der Waals surface area contributed by atoms with Gasteiger partial charge in [0.1, 0.15) is 0 Å². The molecule has 1 saturated heterocycles. The van der Waals surface area contributed by atoms with Crippen LogP contribution in [0, 0.1) is 13.8 Å². The van der Waals surface area contributed by atoms with E-state index in [1.165, 1.54) is 16.7 Å². The molecule has 2 nitrogen and oxygen atoms in total. The van der Waals surface area contributed by atoms with Crippen LogP contribution in [0.1, 0.15) is 30.0 Å². The van der Waals surface area contributed by atoms with Crippen LogP contribution in [-0.2, 0) is 11.3 Å². The van der Waals surface area contributed by atoms with E-state index >= 15 is 0 Å². The van der Waals surface area contributed by atoms with Crippen LogP contribution in [0.2, 0.25) is 0 Å². The van der Waals surface area contributed by atoms with Crippen molar-refractivity contribution in [3.63, 3.8) is 0 Å². The van der Waals surface area contributed by atoms with Crippen LogP contribution in [0.4, 0.5) is 0 Å². The van der Waals surface area contributed by atoms with E-state index in [2.05, 4.69) is 44.3 Å². The average molecular weight is 219 g/mol. The summed E-state index contributed by atoms with van der Waals surface area (Å²) < 4.78 is 5.54. The summed E-state index contributed by atoms with van der Waals surface area (Å²) in [5.74, 6) is 0. The lowest BCUT2D eigenvalue weighted by Crippen LogP contribution is -2.34. The van der Waals surface area contributed by atoms with Gasteiger partial charge in [0.15, 0.2) is 0 Å². The summed E-state index contributed by atoms with van der Waals surface area (Å²) in [6, 6.07) is 7.23. The molecule has 0 aromatic heterocycles. The fraction of sp³-hybridized carbons (Fsp3) is 0.571. The summed E-state index contributed by atoms with van der Waals surface area (Å²) in [7, 11) is 0. The Morgan fingerprint density at radius 3 is 2.50 bits per heavy atom. The summed E-state index contributed by atoms with van der Waals surface area (Å²) in [6.45, 7) is 8.29. The third-order valence-electron chi connectivity index (χ3n) is 3.23. The number of benzene rings is 1. The second-order valence-corrected chi connectivity index (χ2v) is 4.85. The maximum Gasteiger partial charge on any atom is 0.0700 e. The molecule has 1 aliphatic heterocycles. The maximum atomic E-state index is 5.54. The first-order chi connectivity index (χ1) is 7.65.